The van der Waals surface area contributed by atoms with E-state index in [4.69, 9.17) is 4.74 Å². The monoisotopic (exact) mass is 262 g/mol. The summed E-state index contributed by atoms with van der Waals surface area (Å²) in [5, 5.41) is 0. The summed E-state index contributed by atoms with van der Waals surface area (Å²) in [6.07, 6.45) is 3.76. The van der Waals surface area contributed by atoms with Crippen molar-refractivity contribution in [2.75, 3.05) is 13.7 Å². The fourth-order valence-electron chi connectivity index (χ4n) is 1.59. The molecule has 0 N–H and O–H groups in total. The van der Waals surface area contributed by atoms with E-state index < -0.39 is 0 Å². The summed E-state index contributed by atoms with van der Waals surface area (Å²) < 4.78 is 9.50. The van der Waals surface area contributed by atoms with Crippen LogP contribution in [0.5, 0.6) is 0 Å². The van der Waals surface area contributed by atoms with Crippen molar-refractivity contribution in [1.82, 2.24) is 0 Å². The molecule has 1 aromatic rings. The zero-order valence-corrected chi connectivity index (χ0v) is 11.1. The third kappa shape index (κ3) is 5.38. The van der Waals surface area contributed by atoms with Crippen LogP contribution in [-0.4, -0.2) is 25.7 Å². The molecule has 0 amide bonds. The van der Waals surface area contributed by atoms with E-state index in [1.165, 1.54) is 7.11 Å². The van der Waals surface area contributed by atoms with Crippen molar-refractivity contribution < 1.29 is 19.1 Å². The average Bonchev–Trinajstić information content (AvgIpc) is 2.46. The van der Waals surface area contributed by atoms with E-state index in [-0.39, 0.29) is 11.9 Å². The van der Waals surface area contributed by atoms with Crippen LogP contribution in [0.15, 0.2) is 36.9 Å². The smallest absolute Gasteiger partial charge is 0.337 e. The summed E-state index contributed by atoms with van der Waals surface area (Å²) >= 11 is 0. The lowest BCUT2D eigenvalue weighted by Gasteiger charge is -2.04. The maximum atomic E-state index is 11.2. The van der Waals surface area contributed by atoms with Crippen molar-refractivity contribution in [3.05, 3.63) is 48.0 Å². The van der Waals surface area contributed by atoms with Crippen molar-refractivity contribution in [2.24, 2.45) is 0 Å². The number of methoxy groups -OCH3 is 1. The molecule has 0 saturated heterocycles. The molecule has 0 fully saturated rings. The number of hydrogen-bond donors (Lipinski definition) is 0. The molecule has 0 atom stereocenters. The van der Waals surface area contributed by atoms with Gasteiger partial charge in [-0.05, 0) is 37.0 Å². The van der Waals surface area contributed by atoms with Gasteiger partial charge in [0.05, 0.1) is 19.3 Å². The van der Waals surface area contributed by atoms with E-state index in [9.17, 15) is 9.59 Å². The van der Waals surface area contributed by atoms with E-state index in [0.717, 1.165) is 30.9 Å². The first-order chi connectivity index (χ1) is 9.17. The van der Waals surface area contributed by atoms with Crippen LogP contribution in [0.3, 0.4) is 0 Å². The summed E-state index contributed by atoms with van der Waals surface area (Å²) in [7, 11) is 1.36. The van der Waals surface area contributed by atoms with E-state index in [2.05, 4.69) is 11.3 Å². The molecule has 0 aromatic heterocycles. The number of hydrogen-bond acceptors (Lipinski definition) is 4. The van der Waals surface area contributed by atoms with Gasteiger partial charge in [-0.1, -0.05) is 18.7 Å². The van der Waals surface area contributed by atoms with Gasteiger partial charge < -0.3 is 9.47 Å². The summed E-state index contributed by atoms with van der Waals surface area (Å²) in [5.74, 6) is -0.717. The molecular formula is C15H18O4. The number of ether oxygens (including phenoxy) is 2. The standard InChI is InChI=1S/C15H18O4/c1-3-14(16)19-11-5-4-6-12-7-9-13(10-8-12)15(17)18-2/h3,7-10H,1,4-6,11H2,2H3. The number of benzene rings is 1. The zero-order chi connectivity index (χ0) is 14.1. The van der Waals surface area contributed by atoms with Crippen molar-refractivity contribution in [3.63, 3.8) is 0 Å². The molecule has 4 heteroatoms. The van der Waals surface area contributed by atoms with E-state index >= 15 is 0 Å². The molecular weight excluding hydrogens is 244 g/mol. The van der Waals surface area contributed by atoms with Crippen molar-refractivity contribution >= 4 is 11.9 Å². The second-order valence-electron chi connectivity index (χ2n) is 4.02. The quantitative estimate of drug-likeness (QED) is 0.430. The van der Waals surface area contributed by atoms with Gasteiger partial charge >= 0.3 is 11.9 Å². The minimum atomic E-state index is -0.387. The fourth-order valence-corrected chi connectivity index (χ4v) is 1.59. The van der Waals surface area contributed by atoms with Crippen LogP contribution in [0.25, 0.3) is 0 Å². The molecule has 0 aliphatic carbocycles. The molecule has 102 valence electrons. The summed E-state index contributed by atoms with van der Waals surface area (Å²) in [5.41, 5.74) is 1.69. The first-order valence-electron chi connectivity index (χ1n) is 6.14. The predicted molar refractivity (Wildman–Crippen MR) is 71.9 cm³/mol. The Balaban J connectivity index is 2.28. The summed E-state index contributed by atoms with van der Waals surface area (Å²) in [6, 6.07) is 7.31. The van der Waals surface area contributed by atoms with Crippen LogP contribution in [0, 0.1) is 0 Å². The Labute approximate surface area is 113 Å². The van der Waals surface area contributed by atoms with Gasteiger partial charge in [0.25, 0.3) is 0 Å². The highest BCUT2D eigenvalue weighted by molar-refractivity contribution is 5.89. The Morgan fingerprint density at radius 2 is 1.89 bits per heavy atom. The Hall–Kier alpha value is -2.10. The van der Waals surface area contributed by atoms with Crippen LogP contribution in [0.4, 0.5) is 0 Å². The first kappa shape index (κ1) is 15.0. The molecule has 0 aliphatic heterocycles. The second kappa shape index (κ2) is 8.08. The molecule has 0 aliphatic rings. The summed E-state index contributed by atoms with van der Waals surface area (Å²) in [6.45, 7) is 3.73. The van der Waals surface area contributed by atoms with Gasteiger partial charge in [0.15, 0.2) is 0 Å². The van der Waals surface area contributed by atoms with Gasteiger partial charge in [0, 0.05) is 6.08 Å². The molecule has 1 aromatic carbocycles. The molecule has 0 spiro atoms. The number of unbranched alkanes of at least 4 members (excludes halogenated alkanes) is 1. The largest absolute Gasteiger partial charge is 0.465 e. The third-order valence-corrected chi connectivity index (χ3v) is 2.65. The van der Waals surface area contributed by atoms with Crippen molar-refractivity contribution in [1.29, 1.82) is 0 Å². The van der Waals surface area contributed by atoms with Crippen LogP contribution in [-0.2, 0) is 20.7 Å². The van der Waals surface area contributed by atoms with Gasteiger partial charge in [-0.2, -0.15) is 0 Å². The molecule has 4 nitrogen and oxygen atoms in total. The van der Waals surface area contributed by atoms with Crippen LogP contribution < -0.4 is 0 Å². The van der Waals surface area contributed by atoms with E-state index in [0.29, 0.717) is 12.2 Å². The Morgan fingerprint density at radius 1 is 1.21 bits per heavy atom. The lowest BCUT2D eigenvalue weighted by Crippen LogP contribution is -2.02. The number of carbonyl (C=O) groups is 2. The lowest BCUT2D eigenvalue weighted by atomic mass is 10.1. The normalized spacial score (nSPS) is 9.74. The highest BCUT2D eigenvalue weighted by atomic mass is 16.5. The molecule has 0 saturated carbocycles. The number of rotatable bonds is 7. The number of aryl methyl sites for hydroxylation is 1. The first-order valence-corrected chi connectivity index (χ1v) is 6.14. The van der Waals surface area contributed by atoms with E-state index in [1.807, 2.05) is 12.1 Å². The highest BCUT2D eigenvalue weighted by Crippen LogP contribution is 2.09. The molecule has 0 bridgehead atoms. The molecule has 0 heterocycles. The minimum absolute atomic E-state index is 0.331. The Morgan fingerprint density at radius 3 is 2.47 bits per heavy atom. The minimum Gasteiger partial charge on any atom is -0.465 e. The van der Waals surface area contributed by atoms with Gasteiger partial charge in [-0.25, -0.2) is 9.59 Å². The van der Waals surface area contributed by atoms with Crippen molar-refractivity contribution in [3.8, 4) is 0 Å². The molecule has 0 radical (unpaired) electrons. The molecule has 1 rings (SSSR count). The highest BCUT2D eigenvalue weighted by Gasteiger charge is 2.04. The van der Waals surface area contributed by atoms with Gasteiger partial charge in [-0.3, -0.25) is 0 Å². The van der Waals surface area contributed by atoms with Gasteiger partial charge in [0.2, 0.25) is 0 Å². The number of esters is 2. The Kier molecular flexibility index (Phi) is 6.36. The van der Waals surface area contributed by atoms with Crippen LogP contribution in [0.1, 0.15) is 28.8 Å². The van der Waals surface area contributed by atoms with Crippen LogP contribution in [0.2, 0.25) is 0 Å². The maximum absolute atomic E-state index is 11.2. The van der Waals surface area contributed by atoms with Gasteiger partial charge in [-0.15, -0.1) is 0 Å². The third-order valence-electron chi connectivity index (χ3n) is 2.65. The predicted octanol–water partition coefficient (Wildman–Crippen LogP) is 2.53. The SMILES string of the molecule is C=CC(=O)OCCCCc1ccc(C(=O)OC)cc1. The van der Waals surface area contributed by atoms with E-state index in [1.54, 1.807) is 12.1 Å². The molecule has 0 unspecified atom stereocenters. The molecule has 19 heavy (non-hydrogen) atoms. The van der Waals surface area contributed by atoms with Crippen molar-refractivity contribution in [2.45, 2.75) is 19.3 Å². The lowest BCUT2D eigenvalue weighted by molar-refractivity contribution is -0.137. The maximum Gasteiger partial charge on any atom is 0.337 e. The second-order valence-corrected chi connectivity index (χ2v) is 4.02. The fraction of sp³-hybridized carbons (Fsp3) is 0.333. The number of carbonyl (C=O) groups excluding carboxylic acids is 2. The zero-order valence-electron chi connectivity index (χ0n) is 11.1. The summed E-state index contributed by atoms with van der Waals surface area (Å²) in [4.78, 5) is 22.0. The Bertz CT molecular complexity index is 434. The van der Waals surface area contributed by atoms with Gasteiger partial charge in [0.1, 0.15) is 0 Å². The average molecular weight is 262 g/mol. The van der Waals surface area contributed by atoms with Crippen LogP contribution >= 0.6 is 0 Å². The topological polar surface area (TPSA) is 52.6 Å².